The first-order chi connectivity index (χ1) is 7.04. The monoisotopic (exact) mass is 214 g/mol. The molecule has 0 amide bonds. The van der Waals surface area contributed by atoms with Crippen molar-refractivity contribution in [2.45, 2.75) is 26.4 Å². The van der Waals surface area contributed by atoms with E-state index < -0.39 is 11.6 Å². The van der Waals surface area contributed by atoms with E-state index in [-0.39, 0.29) is 6.04 Å². The molecule has 1 atom stereocenters. The van der Waals surface area contributed by atoms with Gasteiger partial charge < -0.3 is 11.1 Å². The highest BCUT2D eigenvalue weighted by atomic mass is 19.1. The first kappa shape index (κ1) is 12.1. The van der Waals surface area contributed by atoms with Crippen LogP contribution in [0.2, 0.25) is 0 Å². The summed E-state index contributed by atoms with van der Waals surface area (Å²) in [6.07, 6.45) is 0. The maximum absolute atomic E-state index is 13.3. The molecular formula is C11H16F2N2. The van der Waals surface area contributed by atoms with Crippen LogP contribution in [0.3, 0.4) is 0 Å². The van der Waals surface area contributed by atoms with E-state index in [0.717, 1.165) is 6.07 Å². The molecule has 0 spiro atoms. The van der Waals surface area contributed by atoms with E-state index in [0.29, 0.717) is 24.2 Å². The minimum Gasteiger partial charge on any atom is -0.329 e. The van der Waals surface area contributed by atoms with Gasteiger partial charge in [0.05, 0.1) is 0 Å². The maximum Gasteiger partial charge on any atom is 0.130 e. The zero-order chi connectivity index (χ0) is 11.4. The largest absolute Gasteiger partial charge is 0.329 e. The van der Waals surface area contributed by atoms with Crippen LogP contribution in [0, 0.1) is 18.6 Å². The lowest BCUT2D eigenvalue weighted by Crippen LogP contribution is -2.32. The topological polar surface area (TPSA) is 38.0 Å². The Hall–Kier alpha value is -1.00. The molecule has 0 radical (unpaired) electrons. The number of halogens is 2. The highest BCUT2D eigenvalue weighted by Gasteiger charge is 2.07. The first-order valence-corrected chi connectivity index (χ1v) is 4.92. The maximum atomic E-state index is 13.3. The predicted molar refractivity (Wildman–Crippen MR) is 56.5 cm³/mol. The van der Waals surface area contributed by atoms with Crippen LogP contribution in [0.25, 0.3) is 0 Å². The van der Waals surface area contributed by atoms with Crippen LogP contribution in [0.4, 0.5) is 8.78 Å². The average Bonchev–Trinajstić information content (AvgIpc) is 2.21. The fourth-order valence-electron chi connectivity index (χ4n) is 1.22. The van der Waals surface area contributed by atoms with Crippen molar-refractivity contribution >= 4 is 0 Å². The van der Waals surface area contributed by atoms with Crippen LogP contribution < -0.4 is 11.1 Å². The molecule has 1 rings (SSSR count). The predicted octanol–water partition coefficient (Wildman–Crippen LogP) is 1.71. The fourth-order valence-corrected chi connectivity index (χ4v) is 1.22. The van der Waals surface area contributed by atoms with Crippen molar-refractivity contribution in [2.24, 2.45) is 5.73 Å². The van der Waals surface area contributed by atoms with Crippen molar-refractivity contribution in [3.05, 3.63) is 34.9 Å². The summed E-state index contributed by atoms with van der Waals surface area (Å²) < 4.78 is 26.2. The standard InChI is InChI=1S/C11H16F2N2/c1-7-3-9(6-15-8(2)5-14)11(13)4-10(7)12/h3-4,8,15H,5-6,14H2,1-2H3. The zero-order valence-corrected chi connectivity index (χ0v) is 8.98. The number of benzene rings is 1. The second kappa shape index (κ2) is 5.19. The Morgan fingerprint density at radius 2 is 2.00 bits per heavy atom. The molecule has 0 aliphatic heterocycles. The van der Waals surface area contributed by atoms with E-state index in [1.165, 1.54) is 6.07 Å². The third-order valence-corrected chi connectivity index (χ3v) is 2.32. The lowest BCUT2D eigenvalue weighted by molar-refractivity contribution is 0.524. The van der Waals surface area contributed by atoms with Gasteiger partial charge in [-0.05, 0) is 25.5 Å². The fraction of sp³-hybridized carbons (Fsp3) is 0.455. The Balaban J connectivity index is 2.73. The molecule has 84 valence electrons. The molecule has 15 heavy (non-hydrogen) atoms. The number of nitrogens with one attached hydrogen (secondary N) is 1. The molecule has 0 bridgehead atoms. The van der Waals surface area contributed by atoms with Gasteiger partial charge in [-0.1, -0.05) is 0 Å². The van der Waals surface area contributed by atoms with Crippen LogP contribution >= 0.6 is 0 Å². The van der Waals surface area contributed by atoms with Crippen molar-refractivity contribution < 1.29 is 8.78 Å². The van der Waals surface area contributed by atoms with Crippen LogP contribution in [-0.4, -0.2) is 12.6 Å². The van der Waals surface area contributed by atoms with Crippen LogP contribution in [0.5, 0.6) is 0 Å². The molecule has 0 fully saturated rings. The molecule has 0 saturated carbocycles. The van der Waals surface area contributed by atoms with E-state index in [1.807, 2.05) is 6.92 Å². The van der Waals surface area contributed by atoms with Gasteiger partial charge in [0, 0.05) is 30.8 Å². The first-order valence-electron chi connectivity index (χ1n) is 4.92. The van der Waals surface area contributed by atoms with Gasteiger partial charge in [0.1, 0.15) is 11.6 Å². The number of aryl methyl sites for hydroxylation is 1. The molecule has 1 aromatic rings. The van der Waals surface area contributed by atoms with Gasteiger partial charge in [-0.2, -0.15) is 0 Å². The second-order valence-electron chi connectivity index (χ2n) is 3.71. The number of nitrogens with two attached hydrogens (primary N) is 1. The summed E-state index contributed by atoms with van der Waals surface area (Å²) in [5, 5.41) is 3.05. The summed E-state index contributed by atoms with van der Waals surface area (Å²) >= 11 is 0. The molecule has 4 heteroatoms. The van der Waals surface area contributed by atoms with Gasteiger partial charge in [-0.25, -0.2) is 8.78 Å². The van der Waals surface area contributed by atoms with E-state index in [4.69, 9.17) is 5.73 Å². The summed E-state index contributed by atoms with van der Waals surface area (Å²) in [7, 11) is 0. The molecule has 0 aromatic heterocycles. The number of hydrogen-bond donors (Lipinski definition) is 2. The van der Waals surface area contributed by atoms with E-state index >= 15 is 0 Å². The Bertz CT molecular complexity index is 340. The summed E-state index contributed by atoms with van der Waals surface area (Å²) in [5.74, 6) is -1.03. The molecule has 0 aliphatic rings. The lowest BCUT2D eigenvalue weighted by atomic mass is 10.1. The highest BCUT2D eigenvalue weighted by Crippen LogP contribution is 2.13. The molecule has 2 nitrogen and oxygen atoms in total. The molecule has 3 N–H and O–H groups in total. The van der Waals surface area contributed by atoms with Gasteiger partial charge in [0.25, 0.3) is 0 Å². The van der Waals surface area contributed by atoms with Crippen molar-refractivity contribution in [1.29, 1.82) is 0 Å². The second-order valence-corrected chi connectivity index (χ2v) is 3.71. The Morgan fingerprint density at radius 3 is 2.60 bits per heavy atom. The molecule has 1 unspecified atom stereocenters. The van der Waals surface area contributed by atoms with Crippen LogP contribution in [0.15, 0.2) is 12.1 Å². The number of rotatable bonds is 4. The van der Waals surface area contributed by atoms with Crippen molar-refractivity contribution in [1.82, 2.24) is 5.32 Å². The molecule has 0 aliphatic carbocycles. The van der Waals surface area contributed by atoms with Gasteiger partial charge in [-0.3, -0.25) is 0 Å². The minimum absolute atomic E-state index is 0.120. The SMILES string of the molecule is Cc1cc(CNC(C)CN)c(F)cc1F. The van der Waals surface area contributed by atoms with Gasteiger partial charge >= 0.3 is 0 Å². The summed E-state index contributed by atoms with van der Waals surface area (Å²) in [4.78, 5) is 0. The molecular weight excluding hydrogens is 198 g/mol. The zero-order valence-electron chi connectivity index (χ0n) is 8.98. The molecule has 1 aromatic carbocycles. The smallest absolute Gasteiger partial charge is 0.130 e. The van der Waals surface area contributed by atoms with Gasteiger partial charge in [-0.15, -0.1) is 0 Å². The number of hydrogen-bond acceptors (Lipinski definition) is 2. The summed E-state index contributed by atoms with van der Waals surface area (Å²) in [6.45, 7) is 4.38. The summed E-state index contributed by atoms with van der Waals surface area (Å²) in [6, 6.07) is 2.55. The van der Waals surface area contributed by atoms with Crippen LogP contribution in [-0.2, 0) is 6.54 Å². The van der Waals surface area contributed by atoms with Crippen molar-refractivity contribution in [3.8, 4) is 0 Å². The lowest BCUT2D eigenvalue weighted by Gasteiger charge is -2.12. The Kier molecular flexibility index (Phi) is 4.17. The average molecular weight is 214 g/mol. The quantitative estimate of drug-likeness (QED) is 0.800. The van der Waals surface area contributed by atoms with E-state index in [9.17, 15) is 8.78 Å². The Labute approximate surface area is 88.5 Å². The van der Waals surface area contributed by atoms with Gasteiger partial charge in [0.2, 0.25) is 0 Å². The Morgan fingerprint density at radius 1 is 1.33 bits per heavy atom. The highest BCUT2D eigenvalue weighted by molar-refractivity contribution is 5.25. The van der Waals surface area contributed by atoms with Crippen molar-refractivity contribution in [3.63, 3.8) is 0 Å². The summed E-state index contributed by atoms with van der Waals surface area (Å²) in [5.41, 5.74) is 6.33. The molecule has 0 saturated heterocycles. The third kappa shape index (κ3) is 3.25. The molecule has 0 heterocycles. The van der Waals surface area contributed by atoms with Crippen LogP contribution in [0.1, 0.15) is 18.1 Å². The minimum atomic E-state index is -0.519. The van der Waals surface area contributed by atoms with E-state index in [1.54, 1.807) is 6.92 Å². The van der Waals surface area contributed by atoms with Crippen molar-refractivity contribution in [2.75, 3.05) is 6.54 Å². The van der Waals surface area contributed by atoms with E-state index in [2.05, 4.69) is 5.32 Å². The van der Waals surface area contributed by atoms with Gasteiger partial charge in [0.15, 0.2) is 0 Å². The third-order valence-electron chi connectivity index (χ3n) is 2.32. The normalized spacial score (nSPS) is 12.9.